The van der Waals surface area contributed by atoms with E-state index in [1.165, 1.54) is 15.4 Å². The summed E-state index contributed by atoms with van der Waals surface area (Å²) in [5.41, 5.74) is 1.18. The van der Waals surface area contributed by atoms with E-state index < -0.39 is 0 Å². The number of aryl methyl sites for hydroxylation is 1. The predicted molar refractivity (Wildman–Crippen MR) is 81.3 cm³/mol. The fraction of sp³-hybridized carbons (Fsp3) is 0.533. The van der Waals surface area contributed by atoms with E-state index in [-0.39, 0.29) is 6.10 Å². The highest BCUT2D eigenvalue weighted by Gasteiger charge is 2.21. The van der Waals surface area contributed by atoms with Crippen LogP contribution in [0.25, 0.3) is 0 Å². The smallest absolute Gasteiger partial charge is 0.111 e. The van der Waals surface area contributed by atoms with Gasteiger partial charge in [0.15, 0.2) is 0 Å². The molecular formula is C15H21N3OS. The lowest BCUT2D eigenvalue weighted by molar-refractivity contribution is 0.0221. The Balaban J connectivity index is 1.74. The summed E-state index contributed by atoms with van der Waals surface area (Å²) in [5.74, 6) is 0. The van der Waals surface area contributed by atoms with Crippen LogP contribution in [0, 0.1) is 6.92 Å². The van der Waals surface area contributed by atoms with Crippen molar-refractivity contribution in [2.75, 3.05) is 19.7 Å². The van der Waals surface area contributed by atoms with Crippen molar-refractivity contribution in [2.24, 2.45) is 0 Å². The second-order valence-corrected chi connectivity index (χ2v) is 6.73. The molecule has 3 rings (SSSR count). The van der Waals surface area contributed by atoms with Crippen LogP contribution in [0.15, 0.2) is 24.7 Å². The van der Waals surface area contributed by atoms with E-state index in [4.69, 9.17) is 4.74 Å². The molecule has 4 nitrogen and oxygen atoms in total. The van der Waals surface area contributed by atoms with Gasteiger partial charge in [0.05, 0.1) is 24.8 Å². The van der Waals surface area contributed by atoms with Crippen LogP contribution in [0.1, 0.15) is 34.5 Å². The Labute approximate surface area is 123 Å². The van der Waals surface area contributed by atoms with Gasteiger partial charge in [-0.25, -0.2) is 4.98 Å². The standard InChI is InChI=1S/C15H21N3OS/c1-11(7-13-4-3-12(2)20-13)18-10-17-8-14(18)15-9-16-5-6-19-15/h3-4,8,10-11,15-16H,5-7,9H2,1-2H3. The lowest BCUT2D eigenvalue weighted by Gasteiger charge is -2.26. The number of morpholine rings is 1. The van der Waals surface area contributed by atoms with Gasteiger partial charge in [-0.2, -0.15) is 0 Å². The summed E-state index contributed by atoms with van der Waals surface area (Å²) >= 11 is 1.88. The summed E-state index contributed by atoms with van der Waals surface area (Å²) in [4.78, 5) is 7.12. The summed E-state index contributed by atoms with van der Waals surface area (Å²) in [6, 6.07) is 4.82. The van der Waals surface area contributed by atoms with Crippen LogP contribution >= 0.6 is 11.3 Å². The van der Waals surface area contributed by atoms with Gasteiger partial charge in [0.25, 0.3) is 0 Å². The monoisotopic (exact) mass is 291 g/mol. The van der Waals surface area contributed by atoms with Crippen molar-refractivity contribution >= 4 is 11.3 Å². The summed E-state index contributed by atoms with van der Waals surface area (Å²) in [6.45, 7) is 6.99. The lowest BCUT2D eigenvalue weighted by atomic mass is 10.1. The lowest BCUT2D eigenvalue weighted by Crippen LogP contribution is -2.34. The molecule has 0 bridgehead atoms. The average molecular weight is 291 g/mol. The molecule has 0 radical (unpaired) electrons. The highest BCUT2D eigenvalue weighted by molar-refractivity contribution is 7.11. The van der Waals surface area contributed by atoms with Crippen LogP contribution in [-0.4, -0.2) is 29.2 Å². The van der Waals surface area contributed by atoms with Crippen molar-refractivity contribution < 1.29 is 4.74 Å². The second-order valence-electron chi connectivity index (χ2n) is 5.35. The highest BCUT2D eigenvalue weighted by Crippen LogP contribution is 2.25. The minimum atomic E-state index is 0.124. The Morgan fingerprint density at radius 2 is 2.45 bits per heavy atom. The third kappa shape index (κ3) is 2.95. The van der Waals surface area contributed by atoms with E-state index in [0.29, 0.717) is 6.04 Å². The number of ether oxygens (including phenoxy) is 1. The molecule has 1 fully saturated rings. The molecule has 3 heterocycles. The first-order chi connectivity index (χ1) is 9.74. The molecule has 0 amide bonds. The van der Waals surface area contributed by atoms with E-state index >= 15 is 0 Å². The zero-order valence-corrected chi connectivity index (χ0v) is 12.8. The van der Waals surface area contributed by atoms with Gasteiger partial charge >= 0.3 is 0 Å². The molecular weight excluding hydrogens is 270 g/mol. The Hall–Kier alpha value is -1.17. The number of hydrogen-bond donors (Lipinski definition) is 1. The summed E-state index contributed by atoms with van der Waals surface area (Å²) < 4.78 is 8.10. The maximum absolute atomic E-state index is 5.85. The Morgan fingerprint density at radius 1 is 1.55 bits per heavy atom. The molecule has 20 heavy (non-hydrogen) atoms. The van der Waals surface area contributed by atoms with E-state index in [9.17, 15) is 0 Å². The van der Waals surface area contributed by atoms with Crippen LogP contribution in [0.3, 0.4) is 0 Å². The Morgan fingerprint density at radius 3 is 3.15 bits per heavy atom. The first-order valence-corrected chi connectivity index (χ1v) is 7.95. The molecule has 0 saturated carbocycles. The summed E-state index contributed by atoms with van der Waals surface area (Å²) in [7, 11) is 0. The largest absolute Gasteiger partial charge is 0.369 e. The SMILES string of the molecule is Cc1ccc(CC(C)n2cncc2C2CNCCO2)s1. The third-order valence-electron chi connectivity index (χ3n) is 3.72. The van der Waals surface area contributed by atoms with E-state index in [1.54, 1.807) is 0 Å². The second kappa shape index (κ2) is 6.08. The van der Waals surface area contributed by atoms with Gasteiger partial charge in [0, 0.05) is 35.3 Å². The average Bonchev–Trinajstić information content (AvgIpc) is 3.09. The molecule has 1 N–H and O–H groups in total. The van der Waals surface area contributed by atoms with E-state index in [2.05, 4.69) is 40.8 Å². The van der Waals surface area contributed by atoms with Crippen LogP contribution < -0.4 is 5.32 Å². The highest BCUT2D eigenvalue weighted by atomic mass is 32.1. The zero-order valence-electron chi connectivity index (χ0n) is 12.0. The number of nitrogens with one attached hydrogen (secondary N) is 1. The maximum atomic E-state index is 5.85. The van der Waals surface area contributed by atoms with Crippen LogP contribution in [0.5, 0.6) is 0 Å². The molecule has 1 aliphatic rings. The first kappa shape index (κ1) is 13.8. The molecule has 5 heteroatoms. The quantitative estimate of drug-likeness (QED) is 0.941. The number of thiophene rings is 1. The number of hydrogen-bond acceptors (Lipinski definition) is 4. The fourth-order valence-electron chi connectivity index (χ4n) is 2.67. The van der Waals surface area contributed by atoms with E-state index in [1.807, 2.05) is 23.9 Å². The topological polar surface area (TPSA) is 39.1 Å². The fourth-order valence-corrected chi connectivity index (χ4v) is 3.68. The number of nitrogens with zero attached hydrogens (tertiary/aromatic N) is 2. The van der Waals surface area contributed by atoms with Crippen LogP contribution in [0.4, 0.5) is 0 Å². The van der Waals surface area contributed by atoms with Crippen LogP contribution in [-0.2, 0) is 11.2 Å². The molecule has 2 unspecified atom stereocenters. The Bertz CT molecular complexity index is 557. The summed E-state index contributed by atoms with van der Waals surface area (Å²) in [6.07, 6.45) is 5.03. The molecule has 1 aliphatic heterocycles. The first-order valence-electron chi connectivity index (χ1n) is 7.13. The molecule has 0 spiro atoms. The number of imidazole rings is 1. The molecule has 0 aliphatic carbocycles. The van der Waals surface area contributed by atoms with Gasteiger partial charge in [-0.3, -0.25) is 0 Å². The van der Waals surface area contributed by atoms with Crippen molar-refractivity contribution in [3.8, 4) is 0 Å². The number of aromatic nitrogens is 2. The predicted octanol–water partition coefficient (Wildman–Crippen LogP) is 2.72. The van der Waals surface area contributed by atoms with Crippen LogP contribution in [0.2, 0.25) is 0 Å². The molecule has 2 aromatic heterocycles. The molecule has 2 aromatic rings. The molecule has 108 valence electrons. The normalized spacial score (nSPS) is 21.0. The van der Waals surface area contributed by atoms with Gasteiger partial charge in [-0.1, -0.05) is 0 Å². The summed E-state index contributed by atoms with van der Waals surface area (Å²) in [5, 5.41) is 3.38. The molecule has 0 aromatic carbocycles. The van der Waals surface area contributed by atoms with Gasteiger partial charge in [-0.15, -0.1) is 11.3 Å². The van der Waals surface area contributed by atoms with Crippen molar-refractivity contribution in [1.29, 1.82) is 0 Å². The zero-order chi connectivity index (χ0) is 13.9. The minimum absolute atomic E-state index is 0.124. The molecule has 2 atom stereocenters. The molecule has 1 saturated heterocycles. The van der Waals surface area contributed by atoms with Crippen molar-refractivity contribution in [3.63, 3.8) is 0 Å². The van der Waals surface area contributed by atoms with Crippen molar-refractivity contribution in [2.45, 2.75) is 32.4 Å². The Kier molecular flexibility index (Phi) is 4.19. The van der Waals surface area contributed by atoms with Crippen molar-refractivity contribution in [3.05, 3.63) is 40.1 Å². The minimum Gasteiger partial charge on any atom is -0.369 e. The maximum Gasteiger partial charge on any atom is 0.111 e. The van der Waals surface area contributed by atoms with Crippen molar-refractivity contribution in [1.82, 2.24) is 14.9 Å². The van der Waals surface area contributed by atoms with Gasteiger partial charge in [0.1, 0.15) is 6.10 Å². The van der Waals surface area contributed by atoms with Gasteiger partial charge < -0.3 is 14.6 Å². The third-order valence-corrected chi connectivity index (χ3v) is 4.74. The van der Waals surface area contributed by atoms with Gasteiger partial charge in [-0.05, 0) is 26.0 Å². The van der Waals surface area contributed by atoms with E-state index in [0.717, 1.165) is 26.1 Å². The number of rotatable bonds is 4. The van der Waals surface area contributed by atoms with Gasteiger partial charge in [0.2, 0.25) is 0 Å².